The molecule has 1 aromatic carbocycles. The lowest BCUT2D eigenvalue weighted by molar-refractivity contribution is -0.384. The van der Waals surface area contributed by atoms with Crippen LogP contribution in [0.3, 0.4) is 0 Å². The van der Waals surface area contributed by atoms with Gasteiger partial charge in [0.1, 0.15) is 6.26 Å². The van der Waals surface area contributed by atoms with Crippen molar-refractivity contribution in [2.75, 3.05) is 0 Å². The lowest BCUT2D eigenvalue weighted by atomic mass is 10.1. The zero-order chi connectivity index (χ0) is 14.8. The number of nitrogens with zero attached hydrogens (tertiary/aromatic N) is 2. The fourth-order valence-corrected chi connectivity index (χ4v) is 1.63. The number of hydrogen-bond donors (Lipinski definition) is 1. The summed E-state index contributed by atoms with van der Waals surface area (Å²) in [4.78, 5) is 14.6. The first-order chi connectivity index (χ1) is 9.35. The van der Waals surface area contributed by atoms with Crippen LogP contribution in [-0.4, -0.2) is 15.4 Å². The summed E-state index contributed by atoms with van der Waals surface area (Å²) in [6.07, 6.45) is 1.56. The smallest absolute Gasteiger partial charge is 0.270 e. The Hall–Kier alpha value is -2.21. The van der Waals surface area contributed by atoms with Gasteiger partial charge in [0.25, 0.3) is 5.69 Å². The molecule has 0 aliphatic heterocycles. The lowest BCUT2D eigenvalue weighted by Gasteiger charge is -2.19. The molecule has 1 heterocycles. The molecule has 106 valence electrons. The summed E-state index contributed by atoms with van der Waals surface area (Å²) < 4.78 is 5.38. The van der Waals surface area contributed by atoms with Gasteiger partial charge in [0.15, 0.2) is 0 Å². The fourth-order valence-electron chi connectivity index (χ4n) is 1.63. The minimum absolute atomic E-state index is 0.00928. The summed E-state index contributed by atoms with van der Waals surface area (Å²) in [6, 6.07) is 6.24. The third kappa shape index (κ3) is 3.64. The summed E-state index contributed by atoms with van der Waals surface area (Å²) in [5.74, 6) is 0.388. The van der Waals surface area contributed by atoms with Gasteiger partial charge in [-0.1, -0.05) is 6.07 Å². The van der Waals surface area contributed by atoms with Gasteiger partial charge in [-0.05, 0) is 26.8 Å². The number of nitrogens with one attached hydrogen (secondary N) is 1. The number of benzene rings is 1. The normalized spacial score (nSPS) is 11.6. The zero-order valence-electron chi connectivity index (χ0n) is 11.7. The monoisotopic (exact) mass is 275 g/mol. The zero-order valence-corrected chi connectivity index (χ0v) is 11.7. The molecule has 0 atom stereocenters. The summed E-state index contributed by atoms with van der Waals surface area (Å²) in [5.41, 5.74) is 1.38. The number of nitro benzene ring substituents is 1. The van der Waals surface area contributed by atoms with Crippen molar-refractivity contribution in [2.45, 2.75) is 32.9 Å². The molecule has 0 amide bonds. The molecule has 0 saturated carbocycles. The van der Waals surface area contributed by atoms with Crippen molar-refractivity contribution in [3.8, 4) is 11.5 Å². The van der Waals surface area contributed by atoms with Gasteiger partial charge in [-0.25, -0.2) is 4.98 Å². The van der Waals surface area contributed by atoms with Gasteiger partial charge >= 0.3 is 0 Å². The van der Waals surface area contributed by atoms with Crippen molar-refractivity contribution in [1.29, 1.82) is 0 Å². The summed E-state index contributed by atoms with van der Waals surface area (Å²) in [7, 11) is 0. The number of aromatic nitrogens is 1. The van der Waals surface area contributed by atoms with Gasteiger partial charge < -0.3 is 9.73 Å². The minimum atomic E-state index is -0.436. The molecule has 20 heavy (non-hydrogen) atoms. The molecule has 0 bridgehead atoms. The molecule has 2 aromatic rings. The molecule has 0 saturated heterocycles. The maximum atomic E-state index is 10.7. The van der Waals surface area contributed by atoms with Crippen molar-refractivity contribution in [3.63, 3.8) is 0 Å². The number of non-ortho nitro benzene ring substituents is 1. The van der Waals surface area contributed by atoms with Crippen LogP contribution in [0.2, 0.25) is 0 Å². The van der Waals surface area contributed by atoms with E-state index in [-0.39, 0.29) is 11.2 Å². The molecular formula is C14H17N3O3. The lowest BCUT2D eigenvalue weighted by Crippen LogP contribution is -2.35. The van der Waals surface area contributed by atoms with Crippen LogP contribution >= 0.6 is 0 Å². The van der Waals surface area contributed by atoms with E-state index in [1.54, 1.807) is 18.4 Å². The van der Waals surface area contributed by atoms with E-state index in [0.29, 0.717) is 18.0 Å². The molecule has 2 rings (SSSR count). The van der Waals surface area contributed by atoms with Crippen molar-refractivity contribution in [3.05, 3.63) is 46.3 Å². The van der Waals surface area contributed by atoms with Crippen LogP contribution in [0.1, 0.15) is 26.5 Å². The Balaban J connectivity index is 2.16. The maximum absolute atomic E-state index is 10.7. The molecule has 1 aromatic heterocycles. The number of rotatable bonds is 4. The first-order valence-corrected chi connectivity index (χ1v) is 6.29. The van der Waals surface area contributed by atoms with Crippen LogP contribution in [0, 0.1) is 10.1 Å². The van der Waals surface area contributed by atoms with Crippen LogP contribution in [0.25, 0.3) is 11.5 Å². The fraction of sp³-hybridized carbons (Fsp3) is 0.357. The molecule has 1 N–H and O–H groups in total. The van der Waals surface area contributed by atoms with Crippen LogP contribution in [0.4, 0.5) is 5.69 Å². The molecule has 0 aliphatic carbocycles. The topological polar surface area (TPSA) is 81.2 Å². The highest BCUT2D eigenvalue weighted by Crippen LogP contribution is 2.23. The molecular weight excluding hydrogens is 258 g/mol. The highest BCUT2D eigenvalue weighted by molar-refractivity contribution is 5.57. The Labute approximate surface area is 117 Å². The molecule has 6 nitrogen and oxygen atoms in total. The SMILES string of the molecule is CC(C)(C)NCc1coc(-c2cccc([N+](=O)[O-])c2)n1. The van der Waals surface area contributed by atoms with E-state index >= 15 is 0 Å². The number of nitro groups is 1. The predicted octanol–water partition coefficient (Wildman–Crippen LogP) is 3.14. The van der Waals surface area contributed by atoms with Crippen molar-refractivity contribution < 1.29 is 9.34 Å². The van der Waals surface area contributed by atoms with E-state index < -0.39 is 4.92 Å². The van der Waals surface area contributed by atoms with Crippen molar-refractivity contribution in [1.82, 2.24) is 10.3 Å². The molecule has 0 aliphatic rings. The van der Waals surface area contributed by atoms with E-state index in [1.165, 1.54) is 12.1 Å². The van der Waals surface area contributed by atoms with E-state index in [1.807, 2.05) is 0 Å². The molecule has 6 heteroatoms. The highest BCUT2D eigenvalue weighted by atomic mass is 16.6. The van der Waals surface area contributed by atoms with Crippen LogP contribution < -0.4 is 5.32 Å². The molecule has 0 spiro atoms. The third-order valence-corrected chi connectivity index (χ3v) is 2.66. The predicted molar refractivity (Wildman–Crippen MR) is 75.2 cm³/mol. The standard InChI is InChI=1S/C14H17N3O3/c1-14(2,3)15-8-11-9-20-13(16-11)10-5-4-6-12(7-10)17(18)19/h4-7,9,15H,8H2,1-3H3. The van der Waals surface area contributed by atoms with E-state index in [9.17, 15) is 10.1 Å². The largest absolute Gasteiger partial charge is 0.444 e. The van der Waals surface area contributed by atoms with Gasteiger partial charge in [0, 0.05) is 29.8 Å². The second-order valence-electron chi connectivity index (χ2n) is 5.55. The van der Waals surface area contributed by atoms with E-state index in [4.69, 9.17) is 4.42 Å². The second kappa shape index (κ2) is 5.42. The quantitative estimate of drug-likeness (QED) is 0.684. The summed E-state index contributed by atoms with van der Waals surface area (Å²) in [6.45, 7) is 6.78. The number of hydrogen-bond acceptors (Lipinski definition) is 5. The average molecular weight is 275 g/mol. The highest BCUT2D eigenvalue weighted by Gasteiger charge is 2.13. The molecule has 0 radical (unpaired) electrons. The van der Waals surface area contributed by atoms with Gasteiger partial charge in [-0.15, -0.1) is 0 Å². The average Bonchev–Trinajstić information content (AvgIpc) is 2.84. The van der Waals surface area contributed by atoms with Gasteiger partial charge in [-0.2, -0.15) is 0 Å². The number of oxazole rings is 1. The first kappa shape index (κ1) is 14.2. The van der Waals surface area contributed by atoms with Crippen LogP contribution in [0.15, 0.2) is 34.9 Å². The van der Waals surface area contributed by atoms with Crippen LogP contribution in [-0.2, 0) is 6.54 Å². The maximum Gasteiger partial charge on any atom is 0.270 e. The van der Waals surface area contributed by atoms with Gasteiger partial charge in [-0.3, -0.25) is 10.1 Å². The molecule has 0 unspecified atom stereocenters. The van der Waals surface area contributed by atoms with Gasteiger partial charge in [0.05, 0.1) is 10.6 Å². The second-order valence-corrected chi connectivity index (χ2v) is 5.55. The van der Waals surface area contributed by atoms with Gasteiger partial charge in [0.2, 0.25) is 5.89 Å². The van der Waals surface area contributed by atoms with Crippen molar-refractivity contribution in [2.24, 2.45) is 0 Å². The Bertz CT molecular complexity index is 614. The Morgan fingerprint density at radius 3 is 2.80 bits per heavy atom. The Morgan fingerprint density at radius 1 is 1.40 bits per heavy atom. The third-order valence-electron chi connectivity index (χ3n) is 2.66. The Kier molecular flexibility index (Phi) is 3.85. The van der Waals surface area contributed by atoms with Crippen LogP contribution in [0.5, 0.6) is 0 Å². The first-order valence-electron chi connectivity index (χ1n) is 6.29. The van der Waals surface area contributed by atoms with E-state index in [2.05, 4.69) is 31.1 Å². The Morgan fingerprint density at radius 2 is 2.15 bits per heavy atom. The van der Waals surface area contributed by atoms with Crippen molar-refractivity contribution >= 4 is 5.69 Å². The minimum Gasteiger partial charge on any atom is -0.444 e. The molecule has 0 fully saturated rings. The van der Waals surface area contributed by atoms with E-state index in [0.717, 1.165) is 5.69 Å². The summed E-state index contributed by atoms with van der Waals surface area (Å²) >= 11 is 0. The summed E-state index contributed by atoms with van der Waals surface area (Å²) in [5, 5.41) is 14.0.